The monoisotopic (exact) mass is 293 g/mol. The summed E-state index contributed by atoms with van der Waals surface area (Å²) in [5.74, 6) is 3.32. The van der Waals surface area contributed by atoms with Gasteiger partial charge in [0.05, 0.1) is 4.90 Å². The van der Waals surface area contributed by atoms with Crippen molar-refractivity contribution < 1.29 is 8.42 Å². The normalized spacial score (nSPS) is 37.8. The third-order valence-corrected chi connectivity index (χ3v) is 6.22. The number of rotatable bonds is 3. The first kappa shape index (κ1) is 12.5. The smallest absolute Gasteiger partial charge is 0.238 e. The van der Waals surface area contributed by atoms with Crippen molar-refractivity contribution in [2.45, 2.75) is 30.2 Å². The molecule has 0 saturated heterocycles. The number of sulfonamides is 1. The predicted molar refractivity (Wildman–Crippen MR) is 77.4 cm³/mol. The Morgan fingerprint density at radius 3 is 2.35 bits per heavy atom. The number of anilines is 2. The first-order valence-electron chi connectivity index (χ1n) is 7.13. The van der Waals surface area contributed by atoms with E-state index in [0.29, 0.717) is 11.7 Å². The lowest BCUT2D eigenvalue weighted by Crippen LogP contribution is -2.15. The highest BCUT2D eigenvalue weighted by Gasteiger charge is 2.64. The van der Waals surface area contributed by atoms with Gasteiger partial charge in [0.25, 0.3) is 0 Å². The van der Waals surface area contributed by atoms with E-state index in [2.05, 4.69) is 5.32 Å². The first-order chi connectivity index (χ1) is 9.43. The lowest BCUT2D eigenvalue weighted by molar-refractivity contribution is 0.456. The van der Waals surface area contributed by atoms with E-state index < -0.39 is 10.0 Å². The lowest BCUT2D eigenvalue weighted by atomic mass is 10.0. The molecule has 0 heterocycles. The molecular formula is C14H19N3O2S. The Balaban J connectivity index is 1.57. The van der Waals surface area contributed by atoms with Crippen LogP contribution in [0.2, 0.25) is 0 Å². The highest BCUT2D eigenvalue weighted by Crippen LogP contribution is 2.66. The molecule has 4 rings (SSSR count). The summed E-state index contributed by atoms with van der Waals surface area (Å²) in [7, 11) is -3.71. The molecule has 5 nitrogen and oxygen atoms in total. The fourth-order valence-corrected chi connectivity index (χ4v) is 5.17. The molecule has 4 atom stereocenters. The second kappa shape index (κ2) is 3.89. The standard InChI is InChI=1S/C14H19N3O2S/c15-9-4-10(6-11(5-9)20(16,18)19)17-14-12-7-1-2-8(3-7)13(12)14/h4-8,12-14,17H,1-3,15H2,(H2,16,18,19). The van der Waals surface area contributed by atoms with E-state index in [0.717, 1.165) is 29.4 Å². The second-order valence-corrected chi connectivity index (χ2v) is 8.06. The third kappa shape index (κ3) is 1.82. The van der Waals surface area contributed by atoms with Crippen molar-refractivity contribution in [3.8, 4) is 0 Å². The summed E-state index contributed by atoms with van der Waals surface area (Å²) >= 11 is 0. The predicted octanol–water partition coefficient (Wildman–Crippen LogP) is 1.37. The van der Waals surface area contributed by atoms with E-state index >= 15 is 0 Å². The minimum absolute atomic E-state index is 0.0776. The molecule has 20 heavy (non-hydrogen) atoms. The molecule has 0 aliphatic heterocycles. The number of nitrogens with one attached hydrogen (secondary N) is 1. The SMILES string of the molecule is Nc1cc(NC2C3C4CCC(C4)C23)cc(S(N)(=O)=O)c1. The van der Waals surface area contributed by atoms with Gasteiger partial charge in [0.2, 0.25) is 10.0 Å². The van der Waals surface area contributed by atoms with E-state index in [-0.39, 0.29) is 4.90 Å². The molecule has 6 heteroatoms. The number of hydrogen-bond donors (Lipinski definition) is 3. The maximum absolute atomic E-state index is 11.4. The first-order valence-corrected chi connectivity index (χ1v) is 8.68. The van der Waals surface area contributed by atoms with Crippen LogP contribution >= 0.6 is 0 Å². The van der Waals surface area contributed by atoms with Gasteiger partial charge in [0.1, 0.15) is 0 Å². The molecule has 0 aromatic heterocycles. The number of benzene rings is 1. The van der Waals surface area contributed by atoms with Crippen LogP contribution in [0.3, 0.4) is 0 Å². The molecule has 0 radical (unpaired) electrons. The van der Waals surface area contributed by atoms with Crippen LogP contribution in [0.1, 0.15) is 19.3 Å². The second-order valence-electron chi connectivity index (χ2n) is 6.49. The van der Waals surface area contributed by atoms with E-state index in [4.69, 9.17) is 10.9 Å². The van der Waals surface area contributed by atoms with Crippen LogP contribution in [0.25, 0.3) is 0 Å². The zero-order chi connectivity index (χ0) is 14.1. The van der Waals surface area contributed by atoms with Gasteiger partial charge in [-0.25, -0.2) is 13.6 Å². The Kier molecular flexibility index (Phi) is 2.42. The highest BCUT2D eigenvalue weighted by molar-refractivity contribution is 7.89. The molecule has 3 fully saturated rings. The van der Waals surface area contributed by atoms with Crippen LogP contribution in [0.15, 0.2) is 23.1 Å². The van der Waals surface area contributed by atoms with Gasteiger partial charge in [-0.3, -0.25) is 0 Å². The topological polar surface area (TPSA) is 98.2 Å². The Morgan fingerprint density at radius 1 is 1.10 bits per heavy atom. The minimum atomic E-state index is -3.71. The van der Waals surface area contributed by atoms with E-state index in [9.17, 15) is 8.42 Å². The number of nitrogens with two attached hydrogens (primary N) is 2. The van der Waals surface area contributed by atoms with Gasteiger partial charge in [0, 0.05) is 17.4 Å². The maximum atomic E-state index is 11.4. The molecule has 108 valence electrons. The fraction of sp³-hybridized carbons (Fsp3) is 0.571. The Morgan fingerprint density at radius 2 is 1.75 bits per heavy atom. The summed E-state index contributed by atoms with van der Waals surface area (Å²) in [4.78, 5) is 0.0776. The van der Waals surface area contributed by atoms with Gasteiger partial charge in [-0.05, 0) is 61.1 Å². The van der Waals surface area contributed by atoms with E-state index in [1.807, 2.05) is 0 Å². The van der Waals surface area contributed by atoms with Gasteiger partial charge in [-0.2, -0.15) is 0 Å². The van der Waals surface area contributed by atoms with Crippen LogP contribution in [-0.2, 0) is 10.0 Å². The molecule has 0 spiro atoms. The molecule has 2 bridgehead atoms. The Labute approximate surface area is 118 Å². The summed E-state index contributed by atoms with van der Waals surface area (Å²) < 4.78 is 22.9. The molecule has 5 N–H and O–H groups in total. The van der Waals surface area contributed by atoms with Crippen molar-refractivity contribution in [1.82, 2.24) is 0 Å². The van der Waals surface area contributed by atoms with Crippen LogP contribution in [0.4, 0.5) is 11.4 Å². The summed E-state index contributed by atoms with van der Waals surface area (Å²) in [6.07, 6.45) is 4.12. The zero-order valence-corrected chi connectivity index (χ0v) is 11.9. The summed E-state index contributed by atoms with van der Waals surface area (Å²) in [6, 6.07) is 5.26. The van der Waals surface area contributed by atoms with Gasteiger partial charge in [-0.15, -0.1) is 0 Å². The van der Waals surface area contributed by atoms with Gasteiger partial charge in [-0.1, -0.05) is 0 Å². The molecule has 0 amide bonds. The molecular weight excluding hydrogens is 274 g/mol. The number of fused-ring (bicyclic) bond motifs is 5. The van der Waals surface area contributed by atoms with Crippen molar-refractivity contribution in [2.75, 3.05) is 11.1 Å². The van der Waals surface area contributed by atoms with Gasteiger partial charge < -0.3 is 11.1 Å². The highest BCUT2D eigenvalue weighted by atomic mass is 32.2. The average molecular weight is 293 g/mol. The van der Waals surface area contributed by atoms with Crippen molar-refractivity contribution in [1.29, 1.82) is 0 Å². The lowest BCUT2D eigenvalue weighted by Gasteiger charge is -2.13. The minimum Gasteiger partial charge on any atom is -0.399 e. The van der Waals surface area contributed by atoms with E-state index in [1.54, 1.807) is 12.1 Å². The molecule has 1 aromatic carbocycles. The quantitative estimate of drug-likeness (QED) is 0.733. The average Bonchev–Trinajstić information content (AvgIpc) is 2.77. The molecule has 3 aliphatic rings. The molecule has 1 aromatic rings. The van der Waals surface area contributed by atoms with Crippen molar-refractivity contribution in [2.24, 2.45) is 28.8 Å². The van der Waals surface area contributed by atoms with Gasteiger partial charge in [0.15, 0.2) is 0 Å². The van der Waals surface area contributed by atoms with Crippen LogP contribution < -0.4 is 16.2 Å². The van der Waals surface area contributed by atoms with Crippen molar-refractivity contribution in [3.05, 3.63) is 18.2 Å². The summed E-state index contributed by atoms with van der Waals surface area (Å²) in [5.41, 5.74) is 6.97. The van der Waals surface area contributed by atoms with Crippen LogP contribution in [0.5, 0.6) is 0 Å². The van der Waals surface area contributed by atoms with Crippen molar-refractivity contribution in [3.63, 3.8) is 0 Å². The number of hydrogen-bond acceptors (Lipinski definition) is 4. The maximum Gasteiger partial charge on any atom is 0.238 e. The fourth-order valence-electron chi connectivity index (χ4n) is 4.58. The Hall–Kier alpha value is -1.27. The number of nitrogen functional groups attached to an aromatic ring is 1. The molecule has 3 aliphatic carbocycles. The largest absolute Gasteiger partial charge is 0.399 e. The van der Waals surface area contributed by atoms with Gasteiger partial charge >= 0.3 is 0 Å². The number of primary sulfonamides is 1. The third-order valence-electron chi connectivity index (χ3n) is 5.33. The van der Waals surface area contributed by atoms with E-state index in [1.165, 1.54) is 25.3 Å². The zero-order valence-electron chi connectivity index (χ0n) is 11.1. The van der Waals surface area contributed by atoms with Crippen molar-refractivity contribution >= 4 is 21.4 Å². The van der Waals surface area contributed by atoms with Crippen LogP contribution in [-0.4, -0.2) is 14.5 Å². The Bertz CT molecular complexity index is 657. The molecule has 3 saturated carbocycles. The van der Waals surface area contributed by atoms with Crippen LogP contribution in [0, 0.1) is 23.7 Å². The summed E-state index contributed by atoms with van der Waals surface area (Å²) in [6.45, 7) is 0. The summed E-state index contributed by atoms with van der Waals surface area (Å²) in [5, 5.41) is 8.65. The molecule has 4 unspecified atom stereocenters.